The van der Waals surface area contributed by atoms with Gasteiger partial charge in [0.1, 0.15) is 6.04 Å². The van der Waals surface area contributed by atoms with Crippen LogP contribution in [0.25, 0.3) is 0 Å². The summed E-state index contributed by atoms with van der Waals surface area (Å²) in [6.45, 7) is 5.36. The summed E-state index contributed by atoms with van der Waals surface area (Å²) in [5.74, 6) is 2.56. The number of sulfonamides is 1. The van der Waals surface area contributed by atoms with Gasteiger partial charge in [0.2, 0.25) is 15.9 Å². The first-order valence-corrected chi connectivity index (χ1v) is 13.3. The van der Waals surface area contributed by atoms with E-state index in [1.807, 2.05) is 18.0 Å². The highest BCUT2D eigenvalue weighted by Crippen LogP contribution is 2.33. The van der Waals surface area contributed by atoms with Gasteiger partial charge in [-0.2, -0.15) is 23.5 Å². The molecule has 0 aromatic heterocycles. The third-order valence-corrected chi connectivity index (χ3v) is 8.27. The van der Waals surface area contributed by atoms with Crippen LogP contribution in [0.5, 0.6) is 0 Å². The van der Waals surface area contributed by atoms with Crippen molar-refractivity contribution >= 4 is 39.5 Å². The zero-order valence-corrected chi connectivity index (χ0v) is 18.1. The maximum absolute atomic E-state index is 12.7. The molecule has 2 rings (SSSR count). The third kappa shape index (κ3) is 6.27. The van der Waals surface area contributed by atoms with Gasteiger partial charge in [0, 0.05) is 30.9 Å². The molecule has 2 fully saturated rings. The first-order chi connectivity index (χ1) is 12.4. The maximum Gasteiger partial charge on any atom is 0.238 e. The fourth-order valence-corrected chi connectivity index (χ4v) is 6.06. The standard InChI is InChI=1S/C16H31N3O4S3/c1-3-26(21,22)18-14(4-10-24-2)15(20)17-12-16(5-11-25-13-16)19-6-8-23-9-7-19/h14,18H,3-13H2,1-2H3,(H,17,20). The van der Waals surface area contributed by atoms with Crippen LogP contribution in [0.15, 0.2) is 0 Å². The van der Waals surface area contributed by atoms with Gasteiger partial charge in [-0.25, -0.2) is 13.1 Å². The van der Waals surface area contributed by atoms with Crippen molar-refractivity contribution < 1.29 is 17.9 Å². The number of ether oxygens (including phenoxy) is 1. The van der Waals surface area contributed by atoms with E-state index >= 15 is 0 Å². The molecule has 7 nitrogen and oxygen atoms in total. The lowest BCUT2D eigenvalue weighted by molar-refractivity contribution is -0.123. The van der Waals surface area contributed by atoms with Crippen LogP contribution >= 0.6 is 23.5 Å². The Kier molecular flexibility index (Phi) is 9.02. The second-order valence-corrected chi connectivity index (χ2v) is 10.8. The molecule has 2 N–H and O–H groups in total. The number of rotatable bonds is 10. The van der Waals surface area contributed by atoms with Crippen molar-refractivity contribution in [2.75, 3.05) is 62.1 Å². The molecule has 2 atom stereocenters. The first-order valence-electron chi connectivity index (χ1n) is 9.09. The van der Waals surface area contributed by atoms with E-state index in [0.29, 0.717) is 13.0 Å². The summed E-state index contributed by atoms with van der Waals surface area (Å²) in [5.41, 5.74) is -0.0439. The van der Waals surface area contributed by atoms with Crippen LogP contribution in [0.2, 0.25) is 0 Å². The second kappa shape index (κ2) is 10.5. The lowest BCUT2D eigenvalue weighted by Gasteiger charge is -2.43. The Balaban J connectivity index is 1.99. The van der Waals surface area contributed by atoms with Crippen molar-refractivity contribution in [3.05, 3.63) is 0 Å². The van der Waals surface area contributed by atoms with Gasteiger partial charge < -0.3 is 10.1 Å². The number of nitrogens with zero attached hydrogens (tertiary/aromatic N) is 1. The molecule has 0 bridgehead atoms. The van der Waals surface area contributed by atoms with Crippen molar-refractivity contribution in [1.29, 1.82) is 0 Å². The quantitative estimate of drug-likeness (QED) is 0.523. The average molecular weight is 426 g/mol. The molecule has 26 heavy (non-hydrogen) atoms. The third-order valence-electron chi connectivity index (χ3n) is 4.99. The molecule has 2 heterocycles. The first kappa shape index (κ1) is 22.3. The van der Waals surface area contributed by atoms with Crippen LogP contribution in [-0.2, 0) is 19.6 Å². The van der Waals surface area contributed by atoms with Crippen molar-refractivity contribution in [2.45, 2.75) is 31.3 Å². The van der Waals surface area contributed by atoms with Gasteiger partial charge in [-0.1, -0.05) is 0 Å². The molecule has 0 aromatic rings. The molecule has 2 aliphatic heterocycles. The minimum Gasteiger partial charge on any atom is -0.379 e. The maximum atomic E-state index is 12.7. The fraction of sp³-hybridized carbons (Fsp3) is 0.938. The summed E-state index contributed by atoms with van der Waals surface area (Å²) >= 11 is 3.52. The number of morpholine rings is 1. The van der Waals surface area contributed by atoms with Gasteiger partial charge in [0.25, 0.3) is 0 Å². The van der Waals surface area contributed by atoms with Gasteiger partial charge in [0.05, 0.1) is 19.0 Å². The summed E-state index contributed by atoms with van der Waals surface area (Å²) in [6.07, 6.45) is 3.48. The van der Waals surface area contributed by atoms with Crippen LogP contribution in [0.1, 0.15) is 19.8 Å². The number of thioether (sulfide) groups is 2. The molecule has 0 spiro atoms. The Morgan fingerprint density at radius 3 is 2.69 bits per heavy atom. The molecular weight excluding hydrogens is 394 g/mol. The number of hydrogen-bond acceptors (Lipinski definition) is 7. The van der Waals surface area contributed by atoms with Gasteiger partial charge in [0.15, 0.2) is 0 Å². The van der Waals surface area contributed by atoms with Crippen LogP contribution < -0.4 is 10.0 Å². The zero-order chi connectivity index (χ0) is 19.0. The summed E-state index contributed by atoms with van der Waals surface area (Å²) in [5, 5.41) is 3.05. The molecule has 2 unspecified atom stereocenters. The summed E-state index contributed by atoms with van der Waals surface area (Å²) < 4.78 is 31.9. The Bertz CT molecular complexity index is 547. The predicted octanol–water partition coefficient (Wildman–Crippen LogP) is 0.372. The molecule has 0 radical (unpaired) electrons. The molecule has 2 aliphatic rings. The van der Waals surface area contributed by atoms with E-state index in [1.165, 1.54) is 0 Å². The van der Waals surface area contributed by atoms with E-state index in [0.717, 1.165) is 50.0 Å². The molecular formula is C16H31N3O4S3. The van der Waals surface area contributed by atoms with Crippen molar-refractivity contribution in [2.24, 2.45) is 0 Å². The van der Waals surface area contributed by atoms with Gasteiger partial charge in [-0.15, -0.1) is 0 Å². The molecule has 152 valence electrons. The number of carbonyl (C=O) groups excluding carboxylic acids is 1. The predicted molar refractivity (Wildman–Crippen MR) is 109 cm³/mol. The Hall–Kier alpha value is -0.000000000000000111. The molecule has 0 aromatic carbocycles. The summed E-state index contributed by atoms with van der Waals surface area (Å²) in [6, 6.07) is -0.705. The highest BCUT2D eigenvalue weighted by atomic mass is 32.2. The van der Waals surface area contributed by atoms with Crippen LogP contribution in [0, 0.1) is 0 Å². The number of nitrogens with one attached hydrogen (secondary N) is 2. The summed E-state index contributed by atoms with van der Waals surface area (Å²) in [4.78, 5) is 15.2. The Morgan fingerprint density at radius 2 is 2.12 bits per heavy atom. The highest BCUT2D eigenvalue weighted by molar-refractivity contribution is 7.99. The summed E-state index contributed by atoms with van der Waals surface area (Å²) in [7, 11) is -3.42. The number of hydrogen-bond donors (Lipinski definition) is 2. The number of amides is 1. The van der Waals surface area contributed by atoms with E-state index in [-0.39, 0.29) is 17.2 Å². The smallest absolute Gasteiger partial charge is 0.238 e. The fourth-order valence-electron chi connectivity index (χ4n) is 3.29. The zero-order valence-electron chi connectivity index (χ0n) is 15.7. The van der Waals surface area contributed by atoms with Crippen LogP contribution in [-0.4, -0.2) is 92.9 Å². The minimum absolute atomic E-state index is 0.0234. The Labute approximate surface area is 165 Å². The van der Waals surface area contributed by atoms with Gasteiger partial charge in [-0.05, 0) is 37.5 Å². The van der Waals surface area contributed by atoms with Crippen molar-refractivity contribution in [3.63, 3.8) is 0 Å². The molecule has 0 aliphatic carbocycles. The van der Waals surface area contributed by atoms with E-state index in [4.69, 9.17) is 4.74 Å². The largest absolute Gasteiger partial charge is 0.379 e. The Morgan fingerprint density at radius 1 is 1.38 bits per heavy atom. The van der Waals surface area contributed by atoms with Crippen molar-refractivity contribution in [3.8, 4) is 0 Å². The second-order valence-electron chi connectivity index (χ2n) is 6.70. The molecule has 10 heteroatoms. The van der Waals surface area contributed by atoms with Crippen molar-refractivity contribution in [1.82, 2.24) is 14.9 Å². The van der Waals surface area contributed by atoms with Gasteiger partial charge in [-0.3, -0.25) is 9.69 Å². The molecule has 0 saturated carbocycles. The molecule has 2 saturated heterocycles. The lowest BCUT2D eigenvalue weighted by Crippen LogP contribution is -2.60. The lowest BCUT2D eigenvalue weighted by atomic mass is 9.95. The van der Waals surface area contributed by atoms with Crippen LogP contribution in [0.3, 0.4) is 0 Å². The average Bonchev–Trinajstić information content (AvgIpc) is 3.14. The highest BCUT2D eigenvalue weighted by Gasteiger charge is 2.41. The van der Waals surface area contributed by atoms with E-state index in [2.05, 4.69) is 14.9 Å². The minimum atomic E-state index is -3.42. The van der Waals surface area contributed by atoms with Gasteiger partial charge >= 0.3 is 0 Å². The topological polar surface area (TPSA) is 87.7 Å². The normalized spacial score (nSPS) is 25.9. The van der Waals surface area contributed by atoms with E-state index < -0.39 is 16.1 Å². The molecule has 1 amide bonds. The van der Waals surface area contributed by atoms with E-state index in [9.17, 15) is 13.2 Å². The SMILES string of the molecule is CCS(=O)(=O)NC(CCSC)C(=O)NCC1(N2CCOCC2)CCSC1. The monoisotopic (exact) mass is 425 g/mol. The number of carbonyl (C=O) groups is 1. The van der Waals surface area contributed by atoms with Crippen LogP contribution in [0.4, 0.5) is 0 Å². The van der Waals surface area contributed by atoms with E-state index in [1.54, 1.807) is 18.7 Å².